The molecule has 0 spiro atoms. The van der Waals surface area contributed by atoms with E-state index in [0.29, 0.717) is 5.95 Å². The van der Waals surface area contributed by atoms with E-state index >= 15 is 0 Å². The maximum atomic E-state index is 5.19. The van der Waals surface area contributed by atoms with Gasteiger partial charge in [-0.3, -0.25) is 4.57 Å². The van der Waals surface area contributed by atoms with E-state index in [0.717, 1.165) is 33.5 Å². The van der Waals surface area contributed by atoms with E-state index in [1.807, 2.05) is 26.0 Å². The van der Waals surface area contributed by atoms with Crippen molar-refractivity contribution in [1.29, 1.82) is 0 Å². The van der Waals surface area contributed by atoms with Crippen molar-refractivity contribution < 1.29 is 0 Å². The summed E-state index contributed by atoms with van der Waals surface area (Å²) in [6, 6.07) is 45.0. The van der Waals surface area contributed by atoms with Gasteiger partial charge in [0.1, 0.15) is 0 Å². The minimum atomic E-state index is -0.0939. The predicted octanol–water partition coefficient (Wildman–Crippen LogP) is 10.2. The van der Waals surface area contributed by atoms with Crippen molar-refractivity contribution in [2.24, 2.45) is 0 Å². The SMILES string of the molecule is CC.CC1(C)c2ccccc2-c2cc3c4ccccc4n(-c4nc(-c5ccccc5)cc(-c5ccccc5)n4)c3cc21. The highest BCUT2D eigenvalue weighted by atomic mass is 15.2. The molecule has 1 aliphatic carbocycles. The Bertz CT molecular complexity index is 2010. The highest BCUT2D eigenvalue weighted by Gasteiger charge is 2.36. The first-order valence-electron chi connectivity index (χ1n) is 14.8. The molecule has 0 amide bonds. The van der Waals surface area contributed by atoms with Crippen LogP contribution in [-0.4, -0.2) is 14.5 Å². The molecule has 1 aliphatic rings. The first kappa shape index (κ1) is 25.9. The molecule has 0 unspecified atom stereocenters. The zero-order chi connectivity index (χ0) is 28.8. The smallest absolute Gasteiger partial charge is 0.235 e. The third kappa shape index (κ3) is 3.96. The van der Waals surface area contributed by atoms with Crippen LogP contribution in [0.15, 0.2) is 127 Å². The number of rotatable bonds is 3. The van der Waals surface area contributed by atoms with E-state index in [9.17, 15) is 0 Å². The fraction of sp³-hybridized carbons (Fsp3) is 0.128. The van der Waals surface area contributed by atoms with E-state index in [1.54, 1.807) is 0 Å². The van der Waals surface area contributed by atoms with Crippen molar-refractivity contribution in [2.75, 3.05) is 0 Å². The number of para-hydroxylation sites is 1. The molecule has 3 nitrogen and oxygen atoms in total. The van der Waals surface area contributed by atoms with Crippen LogP contribution < -0.4 is 0 Å². The van der Waals surface area contributed by atoms with Crippen LogP contribution in [0, 0.1) is 0 Å². The second-order valence-corrected chi connectivity index (χ2v) is 11.1. The maximum Gasteiger partial charge on any atom is 0.235 e. The van der Waals surface area contributed by atoms with Crippen molar-refractivity contribution in [3.05, 3.63) is 139 Å². The van der Waals surface area contributed by atoms with Gasteiger partial charge >= 0.3 is 0 Å². The summed E-state index contributed by atoms with van der Waals surface area (Å²) in [5.41, 5.74) is 11.5. The van der Waals surface area contributed by atoms with Crippen molar-refractivity contribution >= 4 is 21.8 Å². The summed E-state index contributed by atoms with van der Waals surface area (Å²) in [4.78, 5) is 10.4. The molecule has 0 radical (unpaired) electrons. The third-order valence-corrected chi connectivity index (χ3v) is 8.43. The van der Waals surface area contributed by atoms with Crippen LogP contribution in [0.4, 0.5) is 0 Å². The molecule has 5 aromatic carbocycles. The predicted molar refractivity (Wildman–Crippen MR) is 176 cm³/mol. The molecule has 0 saturated carbocycles. The maximum absolute atomic E-state index is 5.19. The summed E-state index contributed by atoms with van der Waals surface area (Å²) in [6.45, 7) is 8.66. The molecule has 0 bridgehead atoms. The molecule has 42 heavy (non-hydrogen) atoms. The monoisotopic (exact) mass is 543 g/mol. The van der Waals surface area contributed by atoms with Gasteiger partial charge in [0.25, 0.3) is 0 Å². The van der Waals surface area contributed by atoms with E-state index < -0.39 is 0 Å². The molecule has 0 aliphatic heterocycles. The van der Waals surface area contributed by atoms with Crippen molar-refractivity contribution in [2.45, 2.75) is 33.1 Å². The Morgan fingerprint density at radius 3 is 1.74 bits per heavy atom. The summed E-state index contributed by atoms with van der Waals surface area (Å²) in [6.07, 6.45) is 0. The van der Waals surface area contributed by atoms with Crippen LogP contribution in [0.5, 0.6) is 0 Å². The first-order chi connectivity index (χ1) is 20.6. The second kappa shape index (κ2) is 10.1. The van der Waals surface area contributed by atoms with Gasteiger partial charge < -0.3 is 0 Å². The van der Waals surface area contributed by atoms with Gasteiger partial charge in [0, 0.05) is 27.3 Å². The van der Waals surface area contributed by atoms with E-state index in [-0.39, 0.29) is 5.41 Å². The molecule has 3 heteroatoms. The molecular formula is C39H33N3. The fourth-order valence-corrected chi connectivity index (χ4v) is 6.43. The number of aromatic nitrogens is 3. The van der Waals surface area contributed by atoms with E-state index in [2.05, 4.69) is 134 Å². The molecule has 0 saturated heterocycles. The highest BCUT2D eigenvalue weighted by Crippen LogP contribution is 2.50. The molecule has 2 heterocycles. The van der Waals surface area contributed by atoms with Gasteiger partial charge in [-0.25, -0.2) is 9.97 Å². The van der Waals surface area contributed by atoms with Gasteiger partial charge in [-0.15, -0.1) is 0 Å². The summed E-state index contributed by atoms with van der Waals surface area (Å²) in [5.74, 6) is 0.680. The number of hydrogen-bond donors (Lipinski definition) is 0. The summed E-state index contributed by atoms with van der Waals surface area (Å²) >= 11 is 0. The molecule has 0 atom stereocenters. The molecule has 7 aromatic rings. The van der Waals surface area contributed by atoms with Crippen molar-refractivity contribution in [3.63, 3.8) is 0 Å². The van der Waals surface area contributed by atoms with Gasteiger partial charge in [0.15, 0.2) is 0 Å². The van der Waals surface area contributed by atoms with Gasteiger partial charge in [0.05, 0.1) is 22.4 Å². The van der Waals surface area contributed by atoms with Gasteiger partial charge in [0.2, 0.25) is 5.95 Å². The molecule has 0 fully saturated rings. The van der Waals surface area contributed by atoms with Crippen LogP contribution in [-0.2, 0) is 5.41 Å². The third-order valence-electron chi connectivity index (χ3n) is 8.43. The average Bonchev–Trinajstić information content (AvgIpc) is 3.50. The first-order valence-corrected chi connectivity index (χ1v) is 14.8. The van der Waals surface area contributed by atoms with Crippen LogP contribution in [0.1, 0.15) is 38.8 Å². The lowest BCUT2D eigenvalue weighted by molar-refractivity contribution is 0.661. The van der Waals surface area contributed by atoms with E-state index in [4.69, 9.17) is 9.97 Å². The highest BCUT2D eigenvalue weighted by molar-refractivity contribution is 6.11. The molecular weight excluding hydrogens is 510 g/mol. The second-order valence-electron chi connectivity index (χ2n) is 11.1. The zero-order valence-corrected chi connectivity index (χ0v) is 24.5. The number of hydrogen-bond acceptors (Lipinski definition) is 2. The number of nitrogens with zero attached hydrogens (tertiary/aromatic N) is 3. The lowest BCUT2D eigenvalue weighted by atomic mass is 9.82. The lowest BCUT2D eigenvalue weighted by Crippen LogP contribution is -2.15. The molecule has 8 rings (SSSR count). The quantitative estimate of drug-likeness (QED) is 0.222. The van der Waals surface area contributed by atoms with Gasteiger partial charge in [-0.2, -0.15) is 0 Å². The van der Waals surface area contributed by atoms with Gasteiger partial charge in [-0.05, 0) is 46.5 Å². The Morgan fingerprint density at radius 2 is 1.07 bits per heavy atom. The normalized spacial score (nSPS) is 13.0. The van der Waals surface area contributed by atoms with Gasteiger partial charge in [-0.1, -0.05) is 131 Å². The standard InChI is InChI=1S/C37H27N3.C2H6/c1-37(2)30-19-11-9-17-26(30)28-21-29-27-18-10-12-20-34(27)40(35(29)22-31(28)37)36-38-32(24-13-5-3-6-14-24)23-33(39-36)25-15-7-4-8-16-25;1-2/h3-23H,1-2H3;1-2H3. The molecule has 204 valence electrons. The summed E-state index contributed by atoms with van der Waals surface area (Å²) in [7, 11) is 0. The average molecular weight is 544 g/mol. The Labute approximate surface area is 247 Å². The van der Waals surface area contributed by atoms with Crippen LogP contribution in [0.2, 0.25) is 0 Å². The fourth-order valence-electron chi connectivity index (χ4n) is 6.43. The Morgan fingerprint density at radius 1 is 0.500 bits per heavy atom. The lowest BCUT2D eigenvalue weighted by Gasteiger charge is -2.21. The Kier molecular flexibility index (Phi) is 6.24. The van der Waals surface area contributed by atoms with E-state index in [1.165, 1.54) is 33.0 Å². The van der Waals surface area contributed by atoms with Crippen molar-refractivity contribution in [3.8, 4) is 39.6 Å². The van der Waals surface area contributed by atoms with Crippen LogP contribution in [0.3, 0.4) is 0 Å². The summed E-state index contributed by atoms with van der Waals surface area (Å²) < 4.78 is 2.25. The largest absolute Gasteiger partial charge is 0.278 e. The Balaban J connectivity index is 0.00000141. The van der Waals surface area contributed by atoms with Crippen LogP contribution in [0.25, 0.3) is 61.4 Å². The zero-order valence-electron chi connectivity index (χ0n) is 24.5. The minimum absolute atomic E-state index is 0.0939. The number of fused-ring (bicyclic) bond motifs is 6. The topological polar surface area (TPSA) is 30.7 Å². The summed E-state index contributed by atoms with van der Waals surface area (Å²) in [5, 5.41) is 2.43. The van der Waals surface area contributed by atoms with Crippen LogP contribution >= 0.6 is 0 Å². The minimum Gasteiger partial charge on any atom is -0.278 e. The molecule has 2 aromatic heterocycles. The Hall–Kier alpha value is -5.02. The van der Waals surface area contributed by atoms with Crippen molar-refractivity contribution in [1.82, 2.24) is 14.5 Å². The molecule has 0 N–H and O–H groups in total. The number of benzene rings is 5.